The molecule has 1 aliphatic heterocycles. The molecule has 1 heterocycles. The molecule has 1 aliphatic carbocycles. The van der Waals surface area contributed by atoms with E-state index in [2.05, 4.69) is 17.3 Å². The standard InChI is InChI=1S/C14H24N2O3/c1-16-6-2-3-10(9-16)8-15-13(17)11-4-5-12(7-11)14(18)19/h10-12H,2-9H2,1H3,(H,15,17)(H,18,19)/t10?,11-,12+/m1/s1. The summed E-state index contributed by atoms with van der Waals surface area (Å²) in [5.74, 6) is -0.584. The van der Waals surface area contributed by atoms with Gasteiger partial charge in [0.25, 0.3) is 0 Å². The Morgan fingerprint density at radius 2 is 2.00 bits per heavy atom. The molecule has 1 amide bonds. The van der Waals surface area contributed by atoms with Crippen LogP contribution in [0.25, 0.3) is 0 Å². The average molecular weight is 268 g/mol. The molecule has 0 bridgehead atoms. The fraction of sp³-hybridized carbons (Fsp3) is 0.857. The third-order valence-electron chi connectivity index (χ3n) is 4.44. The summed E-state index contributed by atoms with van der Waals surface area (Å²) in [5, 5.41) is 12.0. The first-order valence-electron chi connectivity index (χ1n) is 7.25. The van der Waals surface area contributed by atoms with Crippen molar-refractivity contribution >= 4 is 11.9 Å². The smallest absolute Gasteiger partial charge is 0.306 e. The van der Waals surface area contributed by atoms with Gasteiger partial charge in [0.15, 0.2) is 0 Å². The summed E-state index contributed by atoms with van der Waals surface area (Å²) >= 11 is 0. The number of hydrogen-bond donors (Lipinski definition) is 2. The second-order valence-corrected chi connectivity index (χ2v) is 6.06. The van der Waals surface area contributed by atoms with Gasteiger partial charge in [-0.3, -0.25) is 9.59 Å². The van der Waals surface area contributed by atoms with Crippen LogP contribution in [0.3, 0.4) is 0 Å². The van der Waals surface area contributed by atoms with Gasteiger partial charge in [0.1, 0.15) is 0 Å². The van der Waals surface area contributed by atoms with Crippen LogP contribution in [0.15, 0.2) is 0 Å². The lowest BCUT2D eigenvalue weighted by Crippen LogP contribution is -2.40. The number of nitrogens with zero attached hydrogens (tertiary/aromatic N) is 1. The van der Waals surface area contributed by atoms with Crippen LogP contribution in [0.4, 0.5) is 0 Å². The van der Waals surface area contributed by atoms with E-state index in [9.17, 15) is 9.59 Å². The Bertz CT molecular complexity index is 346. The van der Waals surface area contributed by atoms with Crippen LogP contribution in [0.2, 0.25) is 0 Å². The highest BCUT2D eigenvalue weighted by Crippen LogP contribution is 2.31. The molecule has 0 radical (unpaired) electrons. The van der Waals surface area contributed by atoms with Gasteiger partial charge < -0.3 is 15.3 Å². The van der Waals surface area contributed by atoms with E-state index in [0.717, 1.165) is 19.6 Å². The summed E-state index contributed by atoms with van der Waals surface area (Å²) in [6.07, 6.45) is 4.23. The van der Waals surface area contributed by atoms with Crippen LogP contribution in [-0.4, -0.2) is 48.6 Å². The maximum Gasteiger partial charge on any atom is 0.306 e. The van der Waals surface area contributed by atoms with E-state index in [1.54, 1.807) is 0 Å². The van der Waals surface area contributed by atoms with Gasteiger partial charge >= 0.3 is 5.97 Å². The number of nitrogens with one attached hydrogen (secondary N) is 1. The van der Waals surface area contributed by atoms with Crippen molar-refractivity contribution in [2.75, 3.05) is 26.7 Å². The van der Waals surface area contributed by atoms with Crippen molar-refractivity contribution in [1.29, 1.82) is 0 Å². The molecule has 0 aromatic rings. The lowest BCUT2D eigenvalue weighted by Gasteiger charge is -2.30. The predicted molar refractivity (Wildman–Crippen MR) is 71.7 cm³/mol. The molecule has 0 aromatic carbocycles. The Morgan fingerprint density at radius 1 is 1.26 bits per heavy atom. The number of likely N-dealkylation sites (tertiary alicyclic amines) is 1. The zero-order chi connectivity index (χ0) is 13.8. The SMILES string of the molecule is CN1CCCC(CNC(=O)[C@@H]2CC[C@H](C(=O)O)C2)C1. The molecule has 2 aliphatic rings. The van der Waals surface area contributed by atoms with Gasteiger partial charge in [0.05, 0.1) is 5.92 Å². The van der Waals surface area contributed by atoms with Gasteiger partial charge in [-0.15, -0.1) is 0 Å². The van der Waals surface area contributed by atoms with Gasteiger partial charge in [0, 0.05) is 19.0 Å². The summed E-state index contributed by atoms with van der Waals surface area (Å²) in [6, 6.07) is 0. The zero-order valence-corrected chi connectivity index (χ0v) is 11.6. The van der Waals surface area contributed by atoms with Crippen LogP contribution in [-0.2, 0) is 9.59 Å². The Balaban J connectivity index is 1.71. The Morgan fingerprint density at radius 3 is 2.63 bits per heavy atom. The van der Waals surface area contributed by atoms with Crippen LogP contribution in [0.1, 0.15) is 32.1 Å². The number of amides is 1. The van der Waals surface area contributed by atoms with Crippen molar-refractivity contribution in [3.8, 4) is 0 Å². The van der Waals surface area contributed by atoms with Gasteiger partial charge in [0.2, 0.25) is 5.91 Å². The molecule has 2 fully saturated rings. The topological polar surface area (TPSA) is 69.6 Å². The number of rotatable bonds is 4. The van der Waals surface area contributed by atoms with Crippen LogP contribution in [0.5, 0.6) is 0 Å². The number of carboxylic acids is 1. The quantitative estimate of drug-likeness (QED) is 0.796. The first-order chi connectivity index (χ1) is 9.06. The van der Waals surface area contributed by atoms with Gasteiger partial charge in [-0.25, -0.2) is 0 Å². The van der Waals surface area contributed by atoms with Crippen molar-refractivity contribution in [1.82, 2.24) is 10.2 Å². The first-order valence-corrected chi connectivity index (χ1v) is 7.25. The van der Waals surface area contributed by atoms with E-state index < -0.39 is 5.97 Å². The third-order valence-corrected chi connectivity index (χ3v) is 4.44. The van der Waals surface area contributed by atoms with Gasteiger partial charge in [-0.05, 0) is 51.6 Å². The van der Waals surface area contributed by atoms with Crippen molar-refractivity contribution in [2.45, 2.75) is 32.1 Å². The molecule has 1 saturated carbocycles. The summed E-state index contributed by atoms with van der Waals surface area (Å²) in [4.78, 5) is 25.2. The molecule has 1 unspecified atom stereocenters. The molecular weight excluding hydrogens is 244 g/mol. The van der Waals surface area contributed by atoms with E-state index >= 15 is 0 Å². The number of carbonyl (C=O) groups is 2. The molecule has 108 valence electrons. The van der Waals surface area contributed by atoms with Crippen LogP contribution < -0.4 is 5.32 Å². The van der Waals surface area contributed by atoms with E-state index in [0.29, 0.717) is 25.2 Å². The molecule has 1 saturated heterocycles. The molecule has 5 nitrogen and oxygen atoms in total. The van der Waals surface area contributed by atoms with Gasteiger partial charge in [-0.1, -0.05) is 0 Å². The zero-order valence-electron chi connectivity index (χ0n) is 11.6. The average Bonchev–Trinajstić information content (AvgIpc) is 2.86. The maximum absolute atomic E-state index is 12.0. The summed E-state index contributed by atoms with van der Waals surface area (Å²) < 4.78 is 0. The fourth-order valence-electron chi connectivity index (χ4n) is 3.27. The van der Waals surface area contributed by atoms with E-state index in [1.165, 1.54) is 12.8 Å². The highest BCUT2D eigenvalue weighted by molar-refractivity contribution is 5.80. The third kappa shape index (κ3) is 3.93. The second kappa shape index (κ2) is 6.37. The number of carboxylic acid groups (broad SMARTS) is 1. The summed E-state index contributed by atoms with van der Waals surface area (Å²) in [6.45, 7) is 2.92. The second-order valence-electron chi connectivity index (χ2n) is 6.06. The predicted octanol–water partition coefficient (Wildman–Crippen LogP) is 0.945. The molecule has 0 aromatic heterocycles. The molecule has 5 heteroatoms. The van der Waals surface area contributed by atoms with Gasteiger partial charge in [-0.2, -0.15) is 0 Å². The molecule has 19 heavy (non-hydrogen) atoms. The van der Waals surface area contributed by atoms with Crippen LogP contribution >= 0.6 is 0 Å². The number of aliphatic carboxylic acids is 1. The van der Waals surface area contributed by atoms with E-state index in [4.69, 9.17) is 5.11 Å². The van der Waals surface area contributed by atoms with Crippen molar-refractivity contribution in [3.63, 3.8) is 0 Å². The maximum atomic E-state index is 12.0. The Hall–Kier alpha value is -1.10. The molecule has 3 atom stereocenters. The highest BCUT2D eigenvalue weighted by atomic mass is 16.4. The fourth-order valence-corrected chi connectivity index (χ4v) is 3.27. The lowest BCUT2D eigenvalue weighted by molar-refractivity contribution is -0.141. The Kier molecular flexibility index (Phi) is 4.80. The summed E-state index contributed by atoms with van der Waals surface area (Å²) in [5.41, 5.74) is 0. The highest BCUT2D eigenvalue weighted by Gasteiger charge is 2.33. The van der Waals surface area contributed by atoms with Crippen molar-refractivity contribution < 1.29 is 14.7 Å². The lowest BCUT2D eigenvalue weighted by atomic mass is 9.98. The minimum atomic E-state index is -0.760. The number of carbonyl (C=O) groups excluding carboxylic acids is 1. The molecule has 2 N–H and O–H groups in total. The normalized spacial score (nSPS) is 32.2. The van der Waals surface area contributed by atoms with E-state index in [-0.39, 0.29) is 17.7 Å². The van der Waals surface area contributed by atoms with E-state index in [1.807, 2.05) is 0 Å². The van der Waals surface area contributed by atoms with Crippen molar-refractivity contribution in [2.24, 2.45) is 17.8 Å². The number of piperidine rings is 1. The largest absolute Gasteiger partial charge is 0.481 e. The number of hydrogen-bond acceptors (Lipinski definition) is 3. The minimum absolute atomic E-state index is 0.0528. The molecular formula is C14H24N2O3. The molecule has 0 spiro atoms. The van der Waals surface area contributed by atoms with Crippen molar-refractivity contribution in [3.05, 3.63) is 0 Å². The minimum Gasteiger partial charge on any atom is -0.481 e. The van der Waals surface area contributed by atoms with Crippen LogP contribution in [0, 0.1) is 17.8 Å². The Labute approximate surface area is 114 Å². The molecule has 2 rings (SSSR count). The monoisotopic (exact) mass is 268 g/mol. The summed E-state index contributed by atoms with van der Waals surface area (Å²) in [7, 11) is 2.11. The first kappa shape index (κ1) is 14.3.